The fraction of sp³-hybridized carbons (Fsp3) is 0.333. The highest BCUT2D eigenvalue weighted by molar-refractivity contribution is 6.24. The summed E-state index contributed by atoms with van der Waals surface area (Å²) in [5, 5.41) is 2.92. The molecular weight excluding hydrogens is 530 g/mol. The fourth-order valence-corrected chi connectivity index (χ4v) is 6.00. The van der Waals surface area contributed by atoms with Crippen LogP contribution in [-0.2, 0) is 20.7 Å². The lowest BCUT2D eigenvalue weighted by Crippen LogP contribution is -2.45. The van der Waals surface area contributed by atoms with Crippen molar-refractivity contribution in [3.8, 4) is 0 Å². The quantitative estimate of drug-likeness (QED) is 0.346. The summed E-state index contributed by atoms with van der Waals surface area (Å²) in [4.78, 5) is 50.2. The Labute approximate surface area is 245 Å². The zero-order valence-corrected chi connectivity index (χ0v) is 24.0. The molecule has 0 spiro atoms. The summed E-state index contributed by atoms with van der Waals surface area (Å²) in [5.41, 5.74) is 5.92. The van der Waals surface area contributed by atoms with Crippen molar-refractivity contribution < 1.29 is 19.1 Å². The van der Waals surface area contributed by atoms with E-state index >= 15 is 0 Å². The standard InChI is InChI=1S/C33H35N5O4/c1-36-16-18-37(19-17-36)14-13-29(39)38-15-12-23-20-25(9-11-28(23)38)34-31(22-6-4-3-5-7-22)30-26-10-8-24(33(41)42-2)21-27(26)35-32(30)40/h3-11,20-21,30H,12-19H2,1-2H3,(H,35,40). The number of aliphatic imine (C=N–C) groups is 1. The van der Waals surface area contributed by atoms with Crippen molar-refractivity contribution in [2.75, 3.05) is 63.6 Å². The molecule has 1 atom stereocenters. The molecule has 0 bridgehead atoms. The van der Waals surface area contributed by atoms with Gasteiger partial charge in [-0.2, -0.15) is 0 Å². The summed E-state index contributed by atoms with van der Waals surface area (Å²) >= 11 is 0. The number of rotatable bonds is 7. The highest BCUT2D eigenvalue weighted by Gasteiger charge is 2.36. The van der Waals surface area contributed by atoms with E-state index in [4.69, 9.17) is 9.73 Å². The van der Waals surface area contributed by atoms with Crippen molar-refractivity contribution in [3.63, 3.8) is 0 Å². The van der Waals surface area contributed by atoms with Gasteiger partial charge in [0.2, 0.25) is 11.8 Å². The third-order valence-electron chi connectivity index (χ3n) is 8.40. The Kier molecular flexibility index (Phi) is 7.86. The Morgan fingerprint density at radius 3 is 2.50 bits per heavy atom. The molecule has 9 heteroatoms. The van der Waals surface area contributed by atoms with E-state index in [0.717, 1.165) is 67.2 Å². The number of likely N-dealkylation sites (N-methyl/N-ethyl adjacent to an activating group) is 1. The van der Waals surface area contributed by atoms with Crippen molar-refractivity contribution in [1.82, 2.24) is 9.80 Å². The normalized spacial score (nSPS) is 18.9. The molecule has 3 aromatic rings. The van der Waals surface area contributed by atoms with Crippen LogP contribution in [0.2, 0.25) is 0 Å². The van der Waals surface area contributed by atoms with Crippen LogP contribution in [0.25, 0.3) is 0 Å². The molecule has 1 saturated heterocycles. The van der Waals surface area contributed by atoms with Crippen molar-refractivity contribution in [2.24, 2.45) is 4.99 Å². The van der Waals surface area contributed by atoms with Gasteiger partial charge in [0.1, 0.15) is 5.92 Å². The van der Waals surface area contributed by atoms with Crippen molar-refractivity contribution >= 4 is 40.6 Å². The largest absolute Gasteiger partial charge is 0.465 e. The first kappa shape index (κ1) is 27.8. The van der Waals surface area contributed by atoms with Crippen LogP contribution in [0.3, 0.4) is 0 Å². The average Bonchev–Trinajstić information content (AvgIpc) is 3.59. The molecule has 0 aliphatic carbocycles. The molecule has 1 N–H and O–H groups in total. The van der Waals surface area contributed by atoms with E-state index in [9.17, 15) is 14.4 Å². The minimum Gasteiger partial charge on any atom is -0.465 e. The van der Waals surface area contributed by atoms with Gasteiger partial charge in [0.05, 0.1) is 24.1 Å². The smallest absolute Gasteiger partial charge is 0.337 e. The van der Waals surface area contributed by atoms with Gasteiger partial charge in [-0.1, -0.05) is 36.4 Å². The molecule has 42 heavy (non-hydrogen) atoms. The number of hydrogen-bond acceptors (Lipinski definition) is 7. The van der Waals surface area contributed by atoms with E-state index in [1.807, 2.05) is 53.4 Å². The molecule has 6 rings (SSSR count). The number of benzene rings is 3. The number of carbonyl (C=O) groups excluding carboxylic acids is 3. The van der Waals surface area contributed by atoms with Crippen LogP contribution in [0.4, 0.5) is 17.1 Å². The first-order valence-electron chi connectivity index (χ1n) is 14.4. The summed E-state index contributed by atoms with van der Waals surface area (Å²) < 4.78 is 4.85. The molecule has 0 radical (unpaired) electrons. The molecule has 3 heterocycles. The predicted molar refractivity (Wildman–Crippen MR) is 163 cm³/mol. The summed E-state index contributed by atoms with van der Waals surface area (Å²) in [7, 11) is 3.46. The Balaban J connectivity index is 1.26. The number of ether oxygens (including phenoxy) is 1. The van der Waals surface area contributed by atoms with Crippen LogP contribution in [0, 0.1) is 0 Å². The number of amides is 2. The number of hydrogen-bond donors (Lipinski definition) is 1. The lowest BCUT2D eigenvalue weighted by atomic mass is 9.90. The Morgan fingerprint density at radius 2 is 1.74 bits per heavy atom. The van der Waals surface area contributed by atoms with Crippen LogP contribution in [-0.4, -0.2) is 86.7 Å². The number of fused-ring (bicyclic) bond motifs is 2. The van der Waals surface area contributed by atoms with E-state index in [-0.39, 0.29) is 11.8 Å². The zero-order valence-electron chi connectivity index (χ0n) is 24.0. The van der Waals surface area contributed by atoms with Crippen LogP contribution >= 0.6 is 0 Å². The number of anilines is 2. The third kappa shape index (κ3) is 5.57. The summed E-state index contributed by atoms with van der Waals surface area (Å²) in [6, 6.07) is 20.7. The number of carbonyl (C=O) groups is 3. The average molecular weight is 566 g/mol. The summed E-state index contributed by atoms with van der Waals surface area (Å²) in [6.45, 7) is 5.53. The first-order valence-corrected chi connectivity index (χ1v) is 14.4. The van der Waals surface area contributed by atoms with Gasteiger partial charge in [-0.3, -0.25) is 14.6 Å². The van der Waals surface area contributed by atoms with E-state index < -0.39 is 11.9 Å². The zero-order chi connectivity index (χ0) is 29.2. The van der Waals surface area contributed by atoms with Crippen molar-refractivity contribution in [3.05, 3.63) is 89.0 Å². The van der Waals surface area contributed by atoms with Gasteiger partial charge < -0.3 is 24.8 Å². The van der Waals surface area contributed by atoms with Gasteiger partial charge in [-0.05, 0) is 60.5 Å². The van der Waals surface area contributed by atoms with Crippen molar-refractivity contribution in [1.29, 1.82) is 0 Å². The lowest BCUT2D eigenvalue weighted by molar-refractivity contribution is -0.119. The number of esters is 1. The third-order valence-corrected chi connectivity index (χ3v) is 8.40. The maximum Gasteiger partial charge on any atom is 0.337 e. The van der Waals surface area contributed by atoms with Crippen LogP contribution < -0.4 is 10.2 Å². The molecular formula is C33H35N5O4. The van der Waals surface area contributed by atoms with E-state index in [1.54, 1.807) is 18.2 Å². The van der Waals surface area contributed by atoms with Crippen LogP contribution in [0.1, 0.15) is 39.4 Å². The number of nitrogens with zero attached hydrogens (tertiary/aromatic N) is 4. The molecule has 9 nitrogen and oxygen atoms in total. The van der Waals surface area contributed by atoms with E-state index in [0.29, 0.717) is 29.9 Å². The predicted octanol–water partition coefficient (Wildman–Crippen LogP) is 3.86. The molecule has 216 valence electrons. The maximum absolute atomic E-state index is 13.3. The minimum absolute atomic E-state index is 0.152. The molecule has 3 aliphatic heterocycles. The van der Waals surface area contributed by atoms with Gasteiger partial charge >= 0.3 is 5.97 Å². The first-order chi connectivity index (χ1) is 20.4. The fourth-order valence-electron chi connectivity index (χ4n) is 6.00. The molecule has 0 aromatic heterocycles. The topological polar surface area (TPSA) is 94.5 Å². The monoisotopic (exact) mass is 565 g/mol. The maximum atomic E-state index is 13.3. The van der Waals surface area contributed by atoms with E-state index in [2.05, 4.69) is 22.2 Å². The molecule has 1 unspecified atom stereocenters. The Morgan fingerprint density at radius 1 is 0.952 bits per heavy atom. The molecule has 3 aromatic carbocycles. The summed E-state index contributed by atoms with van der Waals surface area (Å²) in [6.07, 6.45) is 1.28. The molecule has 2 amide bonds. The molecule has 1 fully saturated rings. The summed E-state index contributed by atoms with van der Waals surface area (Å²) in [5.74, 6) is -1.15. The Hall–Kier alpha value is -4.34. The van der Waals surface area contributed by atoms with Gasteiger partial charge in [0, 0.05) is 57.1 Å². The van der Waals surface area contributed by atoms with Crippen LogP contribution in [0.15, 0.2) is 71.7 Å². The van der Waals surface area contributed by atoms with Gasteiger partial charge in [-0.15, -0.1) is 0 Å². The van der Waals surface area contributed by atoms with Gasteiger partial charge in [0.25, 0.3) is 0 Å². The van der Waals surface area contributed by atoms with Crippen molar-refractivity contribution in [2.45, 2.75) is 18.8 Å². The molecule has 0 saturated carbocycles. The van der Waals surface area contributed by atoms with Gasteiger partial charge in [0.15, 0.2) is 0 Å². The second-order valence-electron chi connectivity index (χ2n) is 11.1. The second-order valence-corrected chi connectivity index (χ2v) is 11.1. The number of piperazine rings is 1. The highest BCUT2D eigenvalue weighted by Crippen LogP contribution is 2.38. The number of nitrogens with one attached hydrogen (secondary N) is 1. The Bertz CT molecular complexity index is 1550. The van der Waals surface area contributed by atoms with Crippen LogP contribution in [0.5, 0.6) is 0 Å². The van der Waals surface area contributed by atoms with Gasteiger partial charge in [-0.25, -0.2) is 4.79 Å². The second kappa shape index (κ2) is 11.9. The number of methoxy groups -OCH3 is 1. The highest BCUT2D eigenvalue weighted by atomic mass is 16.5. The minimum atomic E-state index is -0.644. The molecule has 3 aliphatic rings. The van der Waals surface area contributed by atoms with E-state index in [1.165, 1.54) is 7.11 Å². The SMILES string of the molecule is COC(=O)c1ccc2c(c1)NC(=O)C2C(=Nc1ccc2c(c1)CCN2C(=O)CCN1CCN(C)CC1)c1ccccc1. The lowest BCUT2D eigenvalue weighted by Gasteiger charge is -2.32.